The van der Waals surface area contributed by atoms with Crippen LogP contribution >= 0.6 is 0 Å². The topological polar surface area (TPSA) is 75.7 Å². The van der Waals surface area contributed by atoms with Gasteiger partial charge in [0.25, 0.3) is 10.0 Å². The maximum atomic E-state index is 13.3. The Kier molecular flexibility index (Phi) is 6.91. The van der Waals surface area contributed by atoms with Gasteiger partial charge < -0.3 is 10.1 Å². The van der Waals surface area contributed by atoms with Gasteiger partial charge in [0.15, 0.2) is 0 Å². The lowest BCUT2D eigenvalue weighted by Crippen LogP contribution is -2.38. The van der Waals surface area contributed by atoms with Crippen LogP contribution in [0.1, 0.15) is 12.5 Å². The molecule has 6 nitrogen and oxygen atoms in total. The smallest absolute Gasteiger partial charge is 0.264 e. The van der Waals surface area contributed by atoms with E-state index in [0.717, 1.165) is 22.0 Å². The van der Waals surface area contributed by atoms with E-state index in [1.54, 1.807) is 42.5 Å². The number of aryl methyl sites for hydroxylation is 1. The van der Waals surface area contributed by atoms with Crippen LogP contribution in [0.3, 0.4) is 0 Å². The van der Waals surface area contributed by atoms with Crippen molar-refractivity contribution in [2.24, 2.45) is 0 Å². The van der Waals surface area contributed by atoms with Crippen molar-refractivity contribution < 1.29 is 22.3 Å². The first kappa shape index (κ1) is 22.3. The van der Waals surface area contributed by atoms with Gasteiger partial charge in [-0.3, -0.25) is 9.10 Å². The third-order valence-electron chi connectivity index (χ3n) is 4.43. The minimum absolute atomic E-state index is 0.119. The Morgan fingerprint density at radius 2 is 1.71 bits per heavy atom. The van der Waals surface area contributed by atoms with E-state index >= 15 is 0 Å². The van der Waals surface area contributed by atoms with Gasteiger partial charge in [-0.25, -0.2) is 12.8 Å². The number of carbonyl (C=O) groups is 1. The summed E-state index contributed by atoms with van der Waals surface area (Å²) in [6.07, 6.45) is 0. The summed E-state index contributed by atoms with van der Waals surface area (Å²) < 4.78 is 46.3. The highest BCUT2D eigenvalue weighted by Crippen LogP contribution is 2.26. The lowest BCUT2D eigenvalue weighted by Gasteiger charge is -2.24. The van der Waals surface area contributed by atoms with E-state index in [4.69, 9.17) is 4.74 Å². The van der Waals surface area contributed by atoms with E-state index < -0.39 is 28.3 Å². The molecule has 3 rings (SSSR count). The molecule has 31 heavy (non-hydrogen) atoms. The Hall–Kier alpha value is -3.39. The molecule has 3 aromatic carbocycles. The van der Waals surface area contributed by atoms with Gasteiger partial charge in [0, 0.05) is 5.69 Å². The largest absolute Gasteiger partial charge is 0.494 e. The maximum Gasteiger partial charge on any atom is 0.264 e. The van der Waals surface area contributed by atoms with Gasteiger partial charge in [-0.1, -0.05) is 12.1 Å². The molecule has 3 aromatic rings. The molecule has 0 aromatic heterocycles. The second-order valence-electron chi connectivity index (χ2n) is 6.81. The normalized spacial score (nSPS) is 11.1. The molecular weight excluding hydrogens is 419 g/mol. The summed E-state index contributed by atoms with van der Waals surface area (Å²) >= 11 is 0. The summed E-state index contributed by atoms with van der Waals surface area (Å²) in [7, 11) is -4.13. The van der Waals surface area contributed by atoms with Crippen LogP contribution < -0.4 is 14.4 Å². The molecule has 0 saturated heterocycles. The quantitative estimate of drug-likeness (QED) is 0.562. The zero-order valence-corrected chi connectivity index (χ0v) is 18.0. The molecule has 0 atom stereocenters. The van der Waals surface area contributed by atoms with Gasteiger partial charge in [0.1, 0.15) is 18.1 Å². The van der Waals surface area contributed by atoms with E-state index in [1.165, 1.54) is 12.1 Å². The Labute approximate surface area is 181 Å². The van der Waals surface area contributed by atoms with Crippen molar-refractivity contribution in [3.05, 3.63) is 84.2 Å². The number of carbonyl (C=O) groups excluding carboxylic acids is 1. The predicted octanol–water partition coefficient (Wildman–Crippen LogP) is 4.37. The van der Waals surface area contributed by atoms with E-state index in [1.807, 2.05) is 19.9 Å². The summed E-state index contributed by atoms with van der Waals surface area (Å²) in [4.78, 5) is 12.6. The van der Waals surface area contributed by atoms with E-state index in [9.17, 15) is 17.6 Å². The molecule has 1 N–H and O–H groups in total. The zero-order chi connectivity index (χ0) is 22.4. The number of halogens is 1. The van der Waals surface area contributed by atoms with Crippen molar-refractivity contribution in [3.8, 4) is 5.75 Å². The fraction of sp³-hybridized carbons (Fsp3) is 0.174. The van der Waals surface area contributed by atoms with Gasteiger partial charge in [-0.15, -0.1) is 0 Å². The molecule has 0 fully saturated rings. The van der Waals surface area contributed by atoms with Crippen molar-refractivity contribution in [1.82, 2.24) is 0 Å². The Bertz CT molecular complexity index is 1150. The highest BCUT2D eigenvalue weighted by Gasteiger charge is 2.27. The van der Waals surface area contributed by atoms with E-state index in [-0.39, 0.29) is 10.6 Å². The molecule has 0 spiro atoms. The number of rotatable bonds is 8. The van der Waals surface area contributed by atoms with Crippen molar-refractivity contribution in [3.63, 3.8) is 0 Å². The number of hydrogen-bond acceptors (Lipinski definition) is 4. The second kappa shape index (κ2) is 9.61. The number of benzene rings is 3. The molecule has 0 saturated carbocycles. The average molecular weight is 443 g/mol. The Morgan fingerprint density at radius 3 is 2.32 bits per heavy atom. The highest BCUT2D eigenvalue weighted by molar-refractivity contribution is 7.92. The first-order valence-corrected chi connectivity index (χ1v) is 11.1. The fourth-order valence-corrected chi connectivity index (χ4v) is 4.40. The summed E-state index contributed by atoms with van der Waals surface area (Å²) in [6, 6.07) is 18.0. The van der Waals surface area contributed by atoms with Gasteiger partial charge in [0.2, 0.25) is 5.91 Å². The molecule has 1 amide bonds. The monoisotopic (exact) mass is 442 g/mol. The molecule has 0 aliphatic heterocycles. The first-order valence-electron chi connectivity index (χ1n) is 9.67. The van der Waals surface area contributed by atoms with Crippen molar-refractivity contribution >= 4 is 27.3 Å². The Balaban J connectivity index is 1.93. The van der Waals surface area contributed by atoms with Crippen molar-refractivity contribution in [1.29, 1.82) is 0 Å². The molecule has 0 unspecified atom stereocenters. The Morgan fingerprint density at radius 1 is 1.03 bits per heavy atom. The van der Waals surface area contributed by atoms with Gasteiger partial charge in [-0.2, -0.15) is 0 Å². The summed E-state index contributed by atoms with van der Waals surface area (Å²) in [5, 5.41) is 2.72. The third kappa shape index (κ3) is 5.61. The standard InChI is InChI=1S/C23H23FN2O4S/c1-3-30-21-11-9-20(10-12-21)26(31(28,29)22-13-7-18(24)8-14-22)16-23(27)25-19-6-4-5-17(2)15-19/h4-15H,3,16H2,1-2H3,(H,25,27). The molecule has 0 radical (unpaired) electrons. The van der Waals surface area contributed by atoms with Crippen LogP contribution in [0.25, 0.3) is 0 Å². The number of anilines is 2. The van der Waals surface area contributed by atoms with Crippen LogP contribution in [0.5, 0.6) is 5.75 Å². The summed E-state index contributed by atoms with van der Waals surface area (Å²) in [6.45, 7) is 3.74. The maximum absolute atomic E-state index is 13.3. The van der Waals surface area contributed by atoms with Crippen LogP contribution in [-0.4, -0.2) is 27.5 Å². The number of sulfonamides is 1. The zero-order valence-electron chi connectivity index (χ0n) is 17.2. The molecule has 0 aliphatic rings. The minimum Gasteiger partial charge on any atom is -0.494 e. The third-order valence-corrected chi connectivity index (χ3v) is 6.21. The minimum atomic E-state index is -4.13. The van der Waals surface area contributed by atoms with Gasteiger partial charge in [0.05, 0.1) is 17.2 Å². The lowest BCUT2D eigenvalue weighted by atomic mass is 10.2. The van der Waals surface area contributed by atoms with Gasteiger partial charge >= 0.3 is 0 Å². The van der Waals surface area contributed by atoms with Crippen LogP contribution in [0.4, 0.5) is 15.8 Å². The van der Waals surface area contributed by atoms with Crippen LogP contribution in [0.2, 0.25) is 0 Å². The van der Waals surface area contributed by atoms with Crippen LogP contribution in [0.15, 0.2) is 77.7 Å². The molecule has 0 bridgehead atoms. The molecule has 162 valence electrons. The molecule has 8 heteroatoms. The van der Waals surface area contributed by atoms with Crippen LogP contribution in [0, 0.1) is 12.7 Å². The first-order chi connectivity index (χ1) is 14.8. The van der Waals surface area contributed by atoms with E-state index in [0.29, 0.717) is 18.0 Å². The lowest BCUT2D eigenvalue weighted by molar-refractivity contribution is -0.114. The molecular formula is C23H23FN2O4S. The number of hydrogen-bond donors (Lipinski definition) is 1. The second-order valence-corrected chi connectivity index (χ2v) is 8.67. The molecule has 0 heterocycles. The average Bonchev–Trinajstić information content (AvgIpc) is 2.73. The fourth-order valence-electron chi connectivity index (χ4n) is 2.98. The summed E-state index contributed by atoms with van der Waals surface area (Å²) in [5.74, 6) is -0.483. The number of ether oxygens (including phenoxy) is 1. The SMILES string of the molecule is CCOc1ccc(N(CC(=O)Nc2cccc(C)c2)S(=O)(=O)c2ccc(F)cc2)cc1. The highest BCUT2D eigenvalue weighted by atomic mass is 32.2. The van der Waals surface area contributed by atoms with Gasteiger partial charge in [-0.05, 0) is 80.1 Å². The number of amides is 1. The van der Waals surface area contributed by atoms with Crippen molar-refractivity contribution in [2.45, 2.75) is 18.7 Å². The van der Waals surface area contributed by atoms with E-state index in [2.05, 4.69) is 5.32 Å². The number of nitrogens with one attached hydrogen (secondary N) is 1. The number of nitrogens with zero attached hydrogens (tertiary/aromatic N) is 1. The van der Waals surface area contributed by atoms with Crippen LogP contribution in [-0.2, 0) is 14.8 Å². The molecule has 0 aliphatic carbocycles. The predicted molar refractivity (Wildman–Crippen MR) is 118 cm³/mol. The summed E-state index contributed by atoms with van der Waals surface area (Å²) in [5.41, 5.74) is 1.81. The van der Waals surface area contributed by atoms with Crippen molar-refractivity contribution in [2.75, 3.05) is 22.8 Å².